The Morgan fingerprint density at radius 2 is 2.21 bits per heavy atom. The van der Waals surface area contributed by atoms with Gasteiger partial charge in [-0.15, -0.1) is 0 Å². The summed E-state index contributed by atoms with van der Waals surface area (Å²) in [5.41, 5.74) is 7.54. The molecule has 0 aromatic heterocycles. The third-order valence-corrected chi connectivity index (χ3v) is 2.50. The second-order valence-corrected chi connectivity index (χ2v) is 4.69. The first-order valence-corrected chi connectivity index (χ1v) is 5.15. The van der Waals surface area contributed by atoms with E-state index in [1.165, 1.54) is 0 Å². The number of nitrogens with two attached hydrogens (primary N) is 1. The molecular weight excluding hydrogens is 180 g/mol. The molecule has 0 aliphatic heterocycles. The molecule has 1 unspecified atom stereocenters. The van der Waals surface area contributed by atoms with Gasteiger partial charge in [-0.25, -0.2) is 5.48 Å². The van der Waals surface area contributed by atoms with E-state index in [0.29, 0.717) is 18.4 Å². The van der Waals surface area contributed by atoms with E-state index < -0.39 is 5.54 Å². The third kappa shape index (κ3) is 2.96. The molecule has 1 saturated carbocycles. The van der Waals surface area contributed by atoms with Gasteiger partial charge in [-0.2, -0.15) is 0 Å². The number of rotatable bonds is 5. The highest BCUT2D eigenvalue weighted by atomic mass is 16.7. The van der Waals surface area contributed by atoms with Gasteiger partial charge in [0, 0.05) is 0 Å². The molecule has 4 nitrogen and oxygen atoms in total. The predicted molar refractivity (Wildman–Crippen MR) is 54.2 cm³/mol. The normalized spacial score (nSPS) is 20.6. The summed E-state index contributed by atoms with van der Waals surface area (Å²) >= 11 is 0. The van der Waals surface area contributed by atoms with Crippen molar-refractivity contribution >= 4 is 5.91 Å². The smallest absolute Gasteiger partial charge is 0.263 e. The molecule has 0 aromatic carbocycles. The molecule has 82 valence electrons. The highest BCUT2D eigenvalue weighted by molar-refractivity contribution is 5.85. The van der Waals surface area contributed by atoms with Crippen LogP contribution in [0.15, 0.2) is 0 Å². The first-order chi connectivity index (χ1) is 6.44. The Kier molecular flexibility index (Phi) is 3.50. The lowest BCUT2D eigenvalue weighted by atomic mass is 9.97. The van der Waals surface area contributed by atoms with Gasteiger partial charge >= 0.3 is 0 Å². The average molecular weight is 200 g/mol. The fourth-order valence-electron chi connectivity index (χ4n) is 1.25. The molecule has 0 aromatic rings. The van der Waals surface area contributed by atoms with Gasteiger partial charge in [0.05, 0.1) is 12.1 Å². The van der Waals surface area contributed by atoms with Crippen LogP contribution in [0.5, 0.6) is 0 Å². The van der Waals surface area contributed by atoms with E-state index >= 15 is 0 Å². The lowest BCUT2D eigenvalue weighted by Crippen LogP contribution is -2.53. The Morgan fingerprint density at radius 1 is 1.64 bits per heavy atom. The summed E-state index contributed by atoms with van der Waals surface area (Å²) in [6, 6.07) is 0. The second kappa shape index (κ2) is 4.28. The molecule has 0 heterocycles. The van der Waals surface area contributed by atoms with Crippen molar-refractivity contribution in [1.29, 1.82) is 0 Å². The molecule has 1 aliphatic carbocycles. The van der Waals surface area contributed by atoms with Gasteiger partial charge in [0.1, 0.15) is 0 Å². The summed E-state index contributed by atoms with van der Waals surface area (Å²) < 4.78 is 0. The van der Waals surface area contributed by atoms with Crippen molar-refractivity contribution in [2.75, 3.05) is 6.61 Å². The van der Waals surface area contributed by atoms with Crippen LogP contribution in [0.4, 0.5) is 0 Å². The molecule has 0 bridgehead atoms. The van der Waals surface area contributed by atoms with Gasteiger partial charge in [-0.05, 0) is 31.6 Å². The molecular formula is C10H20N2O2. The Morgan fingerprint density at radius 3 is 2.64 bits per heavy atom. The van der Waals surface area contributed by atoms with E-state index in [2.05, 4.69) is 5.48 Å². The van der Waals surface area contributed by atoms with E-state index in [4.69, 9.17) is 10.6 Å². The molecule has 0 spiro atoms. The maximum Gasteiger partial charge on any atom is 0.263 e. The summed E-state index contributed by atoms with van der Waals surface area (Å²) in [6.07, 6.45) is 2.09. The molecule has 0 saturated heterocycles. The minimum Gasteiger partial charge on any atom is -0.317 e. The number of nitrogens with one attached hydrogen (secondary N) is 1. The number of hydrogen-bond acceptors (Lipinski definition) is 3. The van der Waals surface area contributed by atoms with Crippen molar-refractivity contribution in [2.24, 2.45) is 17.6 Å². The summed E-state index contributed by atoms with van der Waals surface area (Å²) in [5.74, 6) is 0.519. The molecule has 3 N–H and O–H groups in total. The molecule has 4 heteroatoms. The number of carbonyl (C=O) groups is 1. The largest absolute Gasteiger partial charge is 0.317 e. The van der Waals surface area contributed by atoms with Gasteiger partial charge < -0.3 is 5.73 Å². The zero-order chi connectivity index (χ0) is 10.8. The standard InChI is InChI=1S/C10H20N2O2/c1-7(2)6-14-12-9(13)10(3,11)8-4-5-8/h7-8H,4-6,11H2,1-3H3,(H,12,13). The van der Waals surface area contributed by atoms with Crippen LogP contribution in [0.1, 0.15) is 33.6 Å². The topological polar surface area (TPSA) is 64.3 Å². The number of hydroxylamine groups is 1. The Bertz CT molecular complexity index is 210. The maximum atomic E-state index is 11.6. The second-order valence-electron chi connectivity index (χ2n) is 4.69. The van der Waals surface area contributed by atoms with Crippen molar-refractivity contribution < 1.29 is 9.63 Å². The van der Waals surface area contributed by atoms with Crippen LogP contribution >= 0.6 is 0 Å². The zero-order valence-corrected chi connectivity index (χ0v) is 9.17. The molecule has 1 rings (SSSR count). The molecule has 1 aliphatic rings. The number of hydrogen-bond donors (Lipinski definition) is 2. The van der Waals surface area contributed by atoms with Gasteiger partial charge in [-0.1, -0.05) is 13.8 Å². The quantitative estimate of drug-likeness (QED) is 0.646. The maximum absolute atomic E-state index is 11.6. The summed E-state index contributed by atoms with van der Waals surface area (Å²) in [5, 5.41) is 0. The lowest BCUT2D eigenvalue weighted by molar-refractivity contribution is -0.140. The first kappa shape index (κ1) is 11.5. The molecule has 1 fully saturated rings. The Labute approximate surface area is 85.1 Å². The van der Waals surface area contributed by atoms with Gasteiger partial charge in [0.15, 0.2) is 0 Å². The Hall–Kier alpha value is -0.610. The van der Waals surface area contributed by atoms with Crippen LogP contribution in [0.3, 0.4) is 0 Å². The van der Waals surface area contributed by atoms with Crippen LogP contribution in [0.2, 0.25) is 0 Å². The van der Waals surface area contributed by atoms with Gasteiger partial charge in [0.25, 0.3) is 5.91 Å². The predicted octanol–water partition coefficient (Wildman–Crippen LogP) is 0.818. The summed E-state index contributed by atoms with van der Waals surface area (Å²) in [6.45, 7) is 6.33. The summed E-state index contributed by atoms with van der Waals surface area (Å²) in [4.78, 5) is 16.6. The van der Waals surface area contributed by atoms with Gasteiger partial charge in [0.2, 0.25) is 0 Å². The van der Waals surface area contributed by atoms with E-state index in [0.717, 1.165) is 12.8 Å². The molecule has 1 amide bonds. The van der Waals surface area contributed by atoms with Crippen LogP contribution in [0, 0.1) is 11.8 Å². The highest BCUT2D eigenvalue weighted by Crippen LogP contribution is 2.38. The van der Waals surface area contributed by atoms with Crippen LogP contribution in [-0.4, -0.2) is 18.1 Å². The fourth-order valence-corrected chi connectivity index (χ4v) is 1.25. The minimum atomic E-state index is -0.767. The van der Waals surface area contributed by atoms with Crippen molar-refractivity contribution in [2.45, 2.75) is 39.2 Å². The number of carbonyl (C=O) groups excluding carboxylic acids is 1. The molecule has 1 atom stereocenters. The zero-order valence-electron chi connectivity index (χ0n) is 9.17. The fraction of sp³-hybridized carbons (Fsp3) is 0.900. The van der Waals surface area contributed by atoms with E-state index in [9.17, 15) is 4.79 Å². The molecule has 0 radical (unpaired) electrons. The van der Waals surface area contributed by atoms with Crippen LogP contribution < -0.4 is 11.2 Å². The molecule has 14 heavy (non-hydrogen) atoms. The SMILES string of the molecule is CC(C)CONC(=O)C(C)(N)C1CC1. The third-order valence-electron chi connectivity index (χ3n) is 2.50. The minimum absolute atomic E-state index is 0.208. The first-order valence-electron chi connectivity index (χ1n) is 5.15. The van der Waals surface area contributed by atoms with Crippen LogP contribution in [0.25, 0.3) is 0 Å². The number of amides is 1. The average Bonchev–Trinajstić information content (AvgIpc) is 2.85. The monoisotopic (exact) mass is 200 g/mol. The van der Waals surface area contributed by atoms with Crippen molar-refractivity contribution in [3.05, 3.63) is 0 Å². The highest BCUT2D eigenvalue weighted by Gasteiger charge is 2.44. The van der Waals surface area contributed by atoms with E-state index in [-0.39, 0.29) is 5.91 Å². The summed E-state index contributed by atoms with van der Waals surface area (Å²) in [7, 11) is 0. The van der Waals surface area contributed by atoms with Crippen molar-refractivity contribution in [3.8, 4) is 0 Å². The lowest BCUT2D eigenvalue weighted by Gasteiger charge is -2.22. The van der Waals surface area contributed by atoms with Crippen molar-refractivity contribution in [3.63, 3.8) is 0 Å². The van der Waals surface area contributed by atoms with Gasteiger partial charge in [-0.3, -0.25) is 9.63 Å². The van der Waals surface area contributed by atoms with E-state index in [1.807, 2.05) is 13.8 Å². The van der Waals surface area contributed by atoms with Crippen LogP contribution in [-0.2, 0) is 9.63 Å². The Balaban J connectivity index is 2.26. The van der Waals surface area contributed by atoms with Crippen molar-refractivity contribution in [1.82, 2.24) is 5.48 Å². The van der Waals surface area contributed by atoms with E-state index in [1.54, 1.807) is 6.92 Å².